The van der Waals surface area contributed by atoms with Crippen LogP contribution in [0.15, 0.2) is 180 Å². The molecule has 57 heavy (non-hydrogen) atoms. The molecule has 0 aliphatic carbocycles. The Morgan fingerprint density at radius 2 is 0.596 bits per heavy atom. The van der Waals surface area contributed by atoms with Crippen LogP contribution in [-0.4, -0.2) is 16.8 Å². The highest BCUT2D eigenvalue weighted by molar-refractivity contribution is 9.10. The van der Waals surface area contributed by atoms with E-state index in [9.17, 15) is 16.8 Å². The van der Waals surface area contributed by atoms with Crippen molar-refractivity contribution in [2.45, 2.75) is 40.4 Å². The van der Waals surface area contributed by atoms with Gasteiger partial charge in [0, 0.05) is 8.95 Å². The topological polar surface area (TPSA) is 105 Å². The number of halogens is 2. The molecule has 0 aliphatic rings. The zero-order valence-electron chi connectivity index (χ0n) is 30.8. The number of hydrogen-bond acceptors (Lipinski definition) is 8. The van der Waals surface area contributed by atoms with Gasteiger partial charge in [-0.1, -0.05) is 31.9 Å². The molecule has 12 heteroatoms. The molecule has 0 aromatic heterocycles. The first-order chi connectivity index (χ1) is 27.2. The summed E-state index contributed by atoms with van der Waals surface area (Å²) in [5, 5.41) is 0. The Morgan fingerprint density at radius 3 is 0.895 bits per heavy atom. The minimum atomic E-state index is -3.79. The second-order valence-corrected chi connectivity index (χ2v) is 18.8. The smallest absolute Gasteiger partial charge is 0.206 e. The summed E-state index contributed by atoms with van der Waals surface area (Å²) >= 11 is 6.88. The van der Waals surface area contributed by atoms with Crippen LogP contribution in [0, 0.1) is 20.8 Å². The van der Waals surface area contributed by atoms with Gasteiger partial charge in [-0.15, -0.1) is 0 Å². The van der Waals surface area contributed by atoms with Crippen molar-refractivity contribution >= 4 is 51.5 Å². The van der Waals surface area contributed by atoms with Crippen molar-refractivity contribution in [1.82, 2.24) is 0 Å². The number of hydrogen-bond donors (Lipinski definition) is 0. The number of sulfone groups is 2. The van der Waals surface area contributed by atoms with Gasteiger partial charge in [0.25, 0.3) is 0 Å². The number of aryl methyl sites for hydroxylation is 3. The van der Waals surface area contributed by atoms with Crippen LogP contribution >= 0.6 is 31.9 Å². The lowest BCUT2D eigenvalue weighted by Crippen LogP contribution is -2.02. The molecule has 8 nitrogen and oxygen atoms in total. The minimum Gasteiger partial charge on any atom is -0.457 e. The van der Waals surface area contributed by atoms with Crippen molar-refractivity contribution in [3.63, 3.8) is 0 Å². The molecule has 0 aliphatic heterocycles. The highest BCUT2D eigenvalue weighted by Crippen LogP contribution is 2.34. The van der Waals surface area contributed by atoms with E-state index in [-0.39, 0.29) is 19.6 Å². The third kappa shape index (κ3) is 9.26. The maximum atomic E-state index is 13.4. The van der Waals surface area contributed by atoms with Gasteiger partial charge in [0.05, 0.1) is 19.6 Å². The van der Waals surface area contributed by atoms with E-state index in [0.29, 0.717) is 46.0 Å². The summed E-state index contributed by atoms with van der Waals surface area (Å²) in [6, 6.07) is 41.7. The molecular formula is C45H34Br2O8S2. The fourth-order valence-corrected chi connectivity index (χ4v) is 9.26. The predicted octanol–water partition coefficient (Wildman–Crippen LogP) is 13.0. The van der Waals surface area contributed by atoms with E-state index in [1.807, 2.05) is 57.2 Å². The minimum absolute atomic E-state index is 0.126. The average Bonchev–Trinajstić information content (AvgIpc) is 3.19. The third-order valence-corrected chi connectivity index (χ3v) is 13.4. The van der Waals surface area contributed by atoms with Crippen LogP contribution < -0.4 is 18.9 Å². The van der Waals surface area contributed by atoms with Gasteiger partial charge in [0.15, 0.2) is 0 Å². The van der Waals surface area contributed by atoms with E-state index in [1.165, 1.54) is 48.5 Å². The van der Waals surface area contributed by atoms with Crippen LogP contribution in [-0.2, 0) is 19.7 Å². The Balaban J connectivity index is 0.957. The van der Waals surface area contributed by atoms with Gasteiger partial charge in [0.2, 0.25) is 19.7 Å². The van der Waals surface area contributed by atoms with E-state index in [2.05, 4.69) is 31.9 Å². The highest BCUT2D eigenvalue weighted by atomic mass is 79.9. The van der Waals surface area contributed by atoms with Crippen molar-refractivity contribution in [3.8, 4) is 46.0 Å². The molecule has 0 saturated carbocycles. The molecule has 0 amide bonds. The van der Waals surface area contributed by atoms with Gasteiger partial charge >= 0.3 is 0 Å². The van der Waals surface area contributed by atoms with E-state index in [4.69, 9.17) is 18.9 Å². The first-order valence-electron chi connectivity index (χ1n) is 17.5. The summed E-state index contributed by atoms with van der Waals surface area (Å²) in [4.78, 5) is 0.535. The van der Waals surface area contributed by atoms with Crippen molar-refractivity contribution in [3.05, 3.63) is 177 Å². The Labute approximate surface area is 348 Å². The summed E-state index contributed by atoms with van der Waals surface area (Å²) in [6.45, 7) is 5.73. The molecule has 7 aromatic carbocycles. The monoisotopic (exact) mass is 924 g/mol. The maximum Gasteiger partial charge on any atom is 0.206 e. The first kappa shape index (κ1) is 39.8. The molecule has 0 saturated heterocycles. The summed E-state index contributed by atoms with van der Waals surface area (Å²) in [5.41, 5.74) is 2.66. The zero-order valence-corrected chi connectivity index (χ0v) is 35.6. The zero-order chi connectivity index (χ0) is 40.3. The van der Waals surface area contributed by atoms with E-state index < -0.39 is 19.7 Å². The summed E-state index contributed by atoms with van der Waals surface area (Å²) in [6.07, 6.45) is 0. The molecule has 0 heterocycles. The lowest BCUT2D eigenvalue weighted by molar-refractivity contribution is 0.465. The molecular weight excluding hydrogens is 892 g/mol. The lowest BCUT2D eigenvalue weighted by atomic mass is 10.2. The maximum absolute atomic E-state index is 13.4. The quantitative estimate of drug-likeness (QED) is 0.119. The molecule has 0 unspecified atom stereocenters. The normalized spacial score (nSPS) is 11.5. The van der Waals surface area contributed by atoms with Crippen LogP contribution in [0.3, 0.4) is 0 Å². The van der Waals surface area contributed by atoms with Gasteiger partial charge in [-0.25, -0.2) is 16.8 Å². The van der Waals surface area contributed by atoms with Crippen molar-refractivity contribution in [1.29, 1.82) is 0 Å². The van der Waals surface area contributed by atoms with Gasteiger partial charge in [-0.3, -0.25) is 0 Å². The van der Waals surface area contributed by atoms with Crippen molar-refractivity contribution < 1.29 is 35.8 Å². The Kier molecular flexibility index (Phi) is 11.6. The number of benzene rings is 7. The Bertz CT molecular complexity index is 2790. The van der Waals surface area contributed by atoms with Crippen molar-refractivity contribution in [2.75, 3.05) is 0 Å². The van der Waals surface area contributed by atoms with E-state index >= 15 is 0 Å². The van der Waals surface area contributed by atoms with Gasteiger partial charge in [-0.2, -0.15) is 0 Å². The molecule has 7 rings (SSSR count). The fourth-order valence-electron chi connectivity index (χ4n) is 5.79. The van der Waals surface area contributed by atoms with Crippen LogP contribution in [0.1, 0.15) is 16.7 Å². The Hall–Kier alpha value is -5.40. The number of ether oxygens (including phenoxy) is 4. The average molecular weight is 927 g/mol. The molecule has 0 spiro atoms. The van der Waals surface area contributed by atoms with Crippen LogP contribution in [0.25, 0.3) is 0 Å². The van der Waals surface area contributed by atoms with Gasteiger partial charge < -0.3 is 18.9 Å². The molecule has 0 radical (unpaired) electrons. The number of rotatable bonds is 12. The summed E-state index contributed by atoms with van der Waals surface area (Å²) < 4.78 is 79.4. The second kappa shape index (κ2) is 16.6. The summed E-state index contributed by atoms with van der Waals surface area (Å²) in [7, 11) is -7.57. The third-order valence-electron chi connectivity index (χ3n) is 8.88. The van der Waals surface area contributed by atoms with Crippen LogP contribution in [0.2, 0.25) is 0 Å². The Morgan fingerprint density at radius 1 is 0.333 bits per heavy atom. The van der Waals surface area contributed by atoms with Gasteiger partial charge in [-0.05, 0) is 189 Å². The SMILES string of the molecule is Cc1cc(Br)ccc1Oc1ccc(S(=O)(=O)c2ccc(Oc3ccc(Oc4ccc(S(=O)(=O)c5ccc(Oc6ccc(Br)cc6C)cc5)cc4)c(C)c3)cc2)cc1. The standard InChI is InChI=1S/C45H34Br2O8S2/c1-29-26-32(46)4-23-43(29)53-35-8-17-40(18-9-35)56(48,49)39-15-6-34(7-16-39)52-38-14-25-45(31(3)28-38)55-37-12-21-42(22-13-37)57(50,51)41-19-10-36(11-20-41)54-44-24-5-33(47)27-30(44)2/h4-28H,1-3H3. The summed E-state index contributed by atoms with van der Waals surface area (Å²) in [5.74, 6) is 4.40. The highest BCUT2D eigenvalue weighted by Gasteiger charge is 2.20. The molecule has 0 atom stereocenters. The molecule has 0 N–H and O–H groups in total. The lowest BCUT2D eigenvalue weighted by Gasteiger charge is -2.13. The van der Waals surface area contributed by atoms with Gasteiger partial charge in [0.1, 0.15) is 46.0 Å². The molecule has 0 bridgehead atoms. The van der Waals surface area contributed by atoms with E-state index in [0.717, 1.165) is 25.6 Å². The fraction of sp³-hybridized carbons (Fsp3) is 0.0667. The molecule has 288 valence electrons. The molecule has 0 fully saturated rings. The van der Waals surface area contributed by atoms with E-state index in [1.54, 1.807) is 66.7 Å². The molecule has 7 aromatic rings. The largest absolute Gasteiger partial charge is 0.457 e. The van der Waals surface area contributed by atoms with Crippen LogP contribution in [0.5, 0.6) is 46.0 Å². The first-order valence-corrected chi connectivity index (χ1v) is 22.0. The predicted molar refractivity (Wildman–Crippen MR) is 226 cm³/mol. The second-order valence-electron chi connectivity index (χ2n) is 13.0. The van der Waals surface area contributed by atoms with Crippen molar-refractivity contribution in [2.24, 2.45) is 0 Å². The van der Waals surface area contributed by atoms with Crippen LogP contribution in [0.4, 0.5) is 0 Å².